The van der Waals surface area contributed by atoms with Crippen molar-refractivity contribution < 1.29 is 9.53 Å². The molecule has 3 rings (SSSR count). The van der Waals surface area contributed by atoms with Gasteiger partial charge in [0.05, 0.1) is 13.2 Å². The van der Waals surface area contributed by atoms with Crippen molar-refractivity contribution in [1.82, 2.24) is 9.88 Å². The summed E-state index contributed by atoms with van der Waals surface area (Å²) < 4.78 is 5.86. The largest absolute Gasteiger partial charge is 0.378 e. The predicted molar refractivity (Wildman–Crippen MR) is 89.6 cm³/mol. The third kappa shape index (κ3) is 3.51. The fourth-order valence-electron chi connectivity index (χ4n) is 2.70. The molecular formula is C18H21N3O2. The number of pyridine rings is 1. The standard InChI is InChI=1S/C18H21N3O2/c1-20(2)16-5-3-14(4-6-16)17-13-21(11-12-23-17)18(22)15-7-9-19-10-8-15/h3-10,17H,11-13H2,1-2H3. The molecule has 2 aromatic rings. The zero-order valence-electron chi connectivity index (χ0n) is 13.5. The van der Waals surface area contributed by atoms with Gasteiger partial charge in [-0.05, 0) is 29.8 Å². The van der Waals surface area contributed by atoms with Crippen molar-refractivity contribution in [3.8, 4) is 0 Å². The van der Waals surface area contributed by atoms with Crippen LogP contribution in [0.25, 0.3) is 0 Å². The maximum absolute atomic E-state index is 12.6. The maximum Gasteiger partial charge on any atom is 0.254 e. The van der Waals surface area contributed by atoms with Crippen LogP contribution >= 0.6 is 0 Å². The smallest absolute Gasteiger partial charge is 0.254 e. The molecule has 2 heterocycles. The molecule has 0 saturated carbocycles. The Balaban J connectivity index is 1.72. The van der Waals surface area contributed by atoms with Crippen molar-refractivity contribution in [2.45, 2.75) is 6.10 Å². The second-order valence-corrected chi connectivity index (χ2v) is 5.83. The normalized spacial score (nSPS) is 17.8. The molecule has 0 bridgehead atoms. The summed E-state index contributed by atoms with van der Waals surface area (Å²) in [5.74, 6) is 0.0330. The van der Waals surface area contributed by atoms with Crippen LogP contribution in [0.15, 0.2) is 48.8 Å². The van der Waals surface area contributed by atoms with Crippen LogP contribution < -0.4 is 4.90 Å². The Hall–Kier alpha value is -2.40. The number of carbonyl (C=O) groups excluding carboxylic acids is 1. The Morgan fingerprint density at radius 3 is 2.52 bits per heavy atom. The molecule has 23 heavy (non-hydrogen) atoms. The van der Waals surface area contributed by atoms with E-state index in [0.29, 0.717) is 25.3 Å². The van der Waals surface area contributed by atoms with Crippen molar-refractivity contribution in [1.29, 1.82) is 0 Å². The van der Waals surface area contributed by atoms with Gasteiger partial charge >= 0.3 is 0 Å². The highest BCUT2D eigenvalue weighted by molar-refractivity contribution is 5.94. The fourth-order valence-corrected chi connectivity index (χ4v) is 2.70. The van der Waals surface area contributed by atoms with E-state index < -0.39 is 0 Å². The van der Waals surface area contributed by atoms with E-state index in [4.69, 9.17) is 4.74 Å². The number of aromatic nitrogens is 1. The van der Waals surface area contributed by atoms with E-state index in [0.717, 1.165) is 11.3 Å². The molecule has 1 amide bonds. The lowest BCUT2D eigenvalue weighted by atomic mass is 10.1. The van der Waals surface area contributed by atoms with Crippen LogP contribution in [0.1, 0.15) is 22.0 Å². The van der Waals surface area contributed by atoms with Crippen molar-refractivity contribution >= 4 is 11.6 Å². The summed E-state index contributed by atoms with van der Waals surface area (Å²) in [6.07, 6.45) is 3.21. The summed E-state index contributed by atoms with van der Waals surface area (Å²) in [5, 5.41) is 0. The first-order chi connectivity index (χ1) is 11.1. The maximum atomic E-state index is 12.6. The lowest BCUT2D eigenvalue weighted by Gasteiger charge is -2.33. The number of benzene rings is 1. The lowest BCUT2D eigenvalue weighted by Crippen LogP contribution is -2.42. The topological polar surface area (TPSA) is 45.7 Å². The molecule has 1 aliphatic rings. The minimum atomic E-state index is -0.0780. The van der Waals surface area contributed by atoms with Crippen LogP contribution in [0, 0.1) is 0 Å². The van der Waals surface area contributed by atoms with Gasteiger partial charge in [-0.2, -0.15) is 0 Å². The van der Waals surface area contributed by atoms with Gasteiger partial charge in [0, 0.05) is 44.3 Å². The van der Waals surface area contributed by atoms with Gasteiger partial charge in [-0.1, -0.05) is 12.1 Å². The Kier molecular flexibility index (Phi) is 4.57. The fraction of sp³-hybridized carbons (Fsp3) is 0.333. The molecule has 1 aromatic carbocycles. The highest BCUT2D eigenvalue weighted by Crippen LogP contribution is 2.25. The first-order valence-electron chi connectivity index (χ1n) is 7.73. The number of anilines is 1. The van der Waals surface area contributed by atoms with E-state index >= 15 is 0 Å². The molecule has 1 aromatic heterocycles. The summed E-state index contributed by atoms with van der Waals surface area (Å²) in [5.41, 5.74) is 2.92. The molecule has 5 heteroatoms. The van der Waals surface area contributed by atoms with E-state index in [1.807, 2.05) is 19.0 Å². The number of hydrogen-bond donors (Lipinski definition) is 0. The molecule has 1 aliphatic heterocycles. The first-order valence-corrected chi connectivity index (χ1v) is 7.73. The Morgan fingerprint density at radius 1 is 1.17 bits per heavy atom. The van der Waals surface area contributed by atoms with Gasteiger partial charge in [-0.3, -0.25) is 9.78 Å². The Bertz CT molecular complexity index is 656. The van der Waals surface area contributed by atoms with Gasteiger partial charge in [0.2, 0.25) is 0 Å². The molecule has 1 unspecified atom stereocenters. The Morgan fingerprint density at radius 2 is 1.87 bits per heavy atom. The number of amides is 1. The number of hydrogen-bond acceptors (Lipinski definition) is 4. The summed E-state index contributed by atoms with van der Waals surface area (Å²) in [6, 6.07) is 11.8. The van der Waals surface area contributed by atoms with Crippen LogP contribution in [0.2, 0.25) is 0 Å². The van der Waals surface area contributed by atoms with Crippen LogP contribution in [-0.4, -0.2) is 49.6 Å². The minimum Gasteiger partial charge on any atom is -0.378 e. The predicted octanol–water partition coefficient (Wildman–Crippen LogP) is 2.36. The molecule has 1 fully saturated rings. The van der Waals surface area contributed by atoms with E-state index in [9.17, 15) is 4.79 Å². The third-order valence-electron chi connectivity index (χ3n) is 4.06. The van der Waals surface area contributed by atoms with Gasteiger partial charge in [-0.25, -0.2) is 0 Å². The quantitative estimate of drug-likeness (QED) is 0.873. The molecule has 0 N–H and O–H groups in total. The number of ether oxygens (including phenoxy) is 1. The monoisotopic (exact) mass is 311 g/mol. The zero-order valence-corrected chi connectivity index (χ0v) is 13.5. The average molecular weight is 311 g/mol. The van der Waals surface area contributed by atoms with Crippen molar-refractivity contribution in [2.75, 3.05) is 38.7 Å². The number of carbonyl (C=O) groups is 1. The van der Waals surface area contributed by atoms with Crippen molar-refractivity contribution in [2.24, 2.45) is 0 Å². The highest BCUT2D eigenvalue weighted by atomic mass is 16.5. The lowest BCUT2D eigenvalue weighted by molar-refractivity contribution is -0.0228. The van der Waals surface area contributed by atoms with E-state index in [2.05, 4.69) is 34.1 Å². The molecule has 120 valence electrons. The van der Waals surface area contributed by atoms with Crippen LogP contribution in [0.4, 0.5) is 5.69 Å². The molecule has 0 aliphatic carbocycles. The molecule has 0 spiro atoms. The second-order valence-electron chi connectivity index (χ2n) is 5.83. The number of nitrogens with zero attached hydrogens (tertiary/aromatic N) is 3. The number of rotatable bonds is 3. The summed E-state index contributed by atoms with van der Waals surface area (Å²) in [6.45, 7) is 1.74. The second kappa shape index (κ2) is 6.79. The van der Waals surface area contributed by atoms with E-state index in [1.165, 1.54) is 0 Å². The molecule has 1 saturated heterocycles. The first kappa shape index (κ1) is 15.5. The molecular weight excluding hydrogens is 290 g/mol. The van der Waals surface area contributed by atoms with Crippen LogP contribution in [0.3, 0.4) is 0 Å². The van der Waals surface area contributed by atoms with Gasteiger partial charge in [-0.15, -0.1) is 0 Å². The van der Waals surface area contributed by atoms with Gasteiger partial charge < -0.3 is 14.5 Å². The van der Waals surface area contributed by atoms with Crippen molar-refractivity contribution in [3.05, 3.63) is 59.9 Å². The summed E-state index contributed by atoms with van der Waals surface area (Å²) in [4.78, 5) is 20.4. The number of morpholine rings is 1. The van der Waals surface area contributed by atoms with Gasteiger partial charge in [0.25, 0.3) is 5.91 Å². The molecule has 1 atom stereocenters. The SMILES string of the molecule is CN(C)c1ccc(C2CN(C(=O)c3ccncc3)CCO2)cc1. The van der Waals surface area contributed by atoms with Crippen molar-refractivity contribution in [3.63, 3.8) is 0 Å². The van der Waals surface area contributed by atoms with Crippen LogP contribution in [0.5, 0.6) is 0 Å². The van der Waals surface area contributed by atoms with Gasteiger partial charge in [0.15, 0.2) is 0 Å². The molecule has 0 radical (unpaired) electrons. The highest BCUT2D eigenvalue weighted by Gasteiger charge is 2.26. The van der Waals surface area contributed by atoms with Gasteiger partial charge in [0.1, 0.15) is 6.10 Å². The Labute approximate surface area is 136 Å². The van der Waals surface area contributed by atoms with E-state index in [-0.39, 0.29) is 12.0 Å². The minimum absolute atomic E-state index is 0.0330. The zero-order chi connectivity index (χ0) is 16.2. The summed E-state index contributed by atoms with van der Waals surface area (Å²) >= 11 is 0. The molecule has 5 nitrogen and oxygen atoms in total. The van der Waals surface area contributed by atoms with Crippen LogP contribution in [-0.2, 0) is 4.74 Å². The summed E-state index contributed by atoms with van der Waals surface area (Å²) in [7, 11) is 4.03. The average Bonchev–Trinajstić information content (AvgIpc) is 2.62. The third-order valence-corrected chi connectivity index (χ3v) is 4.06. The van der Waals surface area contributed by atoms with E-state index in [1.54, 1.807) is 24.5 Å².